The van der Waals surface area contributed by atoms with Gasteiger partial charge in [0.15, 0.2) is 0 Å². The summed E-state index contributed by atoms with van der Waals surface area (Å²) in [6.45, 7) is 1.22. The first kappa shape index (κ1) is 19.0. The number of aromatic nitrogens is 2. The van der Waals surface area contributed by atoms with Crippen molar-refractivity contribution in [1.29, 1.82) is 0 Å². The molecule has 10 heteroatoms. The van der Waals surface area contributed by atoms with Crippen molar-refractivity contribution in [3.63, 3.8) is 0 Å². The minimum atomic E-state index is -4.08. The van der Waals surface area contributed by atoms with Crippen LogP contribution in [0.5, 0.6) is 0 Å². The zero-order valence-electron chi connectivity index (χ0n) is 14.0. The third kappa shape index (κ3) is 4.16. The van der Waals surface area contributed by atoms with Crippen LogP contribution < -0.4 is 4.72 Å². The van der Waals surface area contributed by atoms with Crippen LogP contribution in [0.1, 0.15) is 6.92 Å². The molecule has 0 spiro atoms. The highest BCUT2D eigenvalue weighted by Crippen LogP contribution is 2.31. The van der Waals surface area contributed by atoms with Gasteiger partial charge < -0.3 is 9.52 Å². The molecule has 0 saturated heterocycles. The maximum Gasteiger partial charge on any atom is 0.321 e. The van der Waals surface area contributed by atoms with E-state index < -0.39 is 22.0 Å². The van der Waals surface area contributed by atoms with Crippen LogP contribution in [0.2, 0.25) is 5.02 Å². The fourth-order valence-corrected chi connectivity index (χ4v) is 3.64. The normalized spacial score (nSPS) is 12.7. The van der Waals surface area contributed by atoms with Crippen molar-refractivity contribution in [1.82, 2.24) is 14.9 Å². The summed E-state index contributed by atoms with van der Waals surface area (Å²) in [7, 11) is -4.08. The number of hydrogen-bond donors (Lipinski definition) is 2. The lowest BCUT2D eigenvalue weighted by molar-refractivity contribution is -0.138. The van der Waals surface area contributed by atoms with Gasteiger partial charge in [0.05, 0.1) is 15.5 Å². The highest BCUT2D eigenvalue weighted by Gasteiger charge is 2.23. The van der Waals surface area contributed by atoms with Crippen molar-refractivity contribution in [3.05, 3.63) is 53.6 Å². The molecule has 1 atom stereocenters. The molecule has 3 aromatic rings. The first-order valence-corrected chi connectivity index (χ1v) is 9.58. The van der Waals surface area contributed by atoms with Crippen molar-refractivity contribution < 1.29 is 22.7 Å². The van der Waals surface area contributed by atoms with Gasteiger partial charge in [-0.05, 0) is 37.3 Å². The van der Waals surface area contributed by atoms with Gasteiger partial charge in [-0.15, -0.1) is 10.2 Å². The van der Waals surface area contributed by atoms with Gasteiger partial charge in [0.2, 0.25) is 21.8 Å². The van der Waals surface area contributed by atoms with E-state index in [0.717, 1.165) is 0 Å². The highest BCUT2D eigenvalue weighted by atomic mass is 35.5. The Morgan fingerprint density at radius 1 is 1.15 bits per heavy atom. The number of carboxylic acids is 1. The summed E-state index contributed by atoms with van der Waals surface area (Å²) in [6, 6.07) is 11.6. The SMILES string of the molecule is CC(NS(=O)(=O)c1ccc(Cl)c(-c2nnc(-c3ccccc3)o2)c1)C(=O)O. The molecule has 0 bridgehead atoms. The van der Waals surface area contributed by atoms with Gasteiger partial charge in [0.1, 0.15) is 6.04 Å². The Bertz CT molecular complexity index is 1080. The molecule has 2 N–H and O–H groups in total. The summed E-state index contributed by atoms with van der Waals surface area (Å²) in [6.07, 6.45) is 0. The van der Waals surface area contributed by atoms with E-state index in [1.165, 1.54) is 25.1 Å². The van der Waals surface area contributed by atoms with E-state index in [2.05, 4.69) is 14.9 Å². The smallest absolute Gasteiger partial charge is 0.321 e. The Hall–Kier alpha value is -2.75. The molecule has 0 amide bonds. The zero-order valence-corrected chi connectivity index (χ0v) is 15.5. The minimum absolute atomic E-state index is 0.0437. The van der Waals surface area contributed by atoms with Gasteiger partial charge in [0.25, 0.3) is 0 Å². The van der Waals surface area contributed by atoms with Crippen LogP contribution in [0.3, 0.4) is 0 Å². The largest absolute Gasteiger partial charge is 0.480 e. The summed E-state index contributed by atoms with van der Waals surface area (Å²) < 4.78 is 32.4. The van der Waals surface area contributed by atoms with E-state index >= 15 is 0 Å². The van der Waals surface area contributed by atoms with E-state index in [9.17, 15) is 13.2 Å². The second kappa shape index (κ2) is 7.47. The van der Waals surface area contributed by atoms with Crippen LogP contribution in [0.25, 0.3) is 22.9 Å². The Balaban J connectivity index is 1.97. The molecule has 3 rings (SSSR count). The Labute approximate surface area is 159 Å². The lowest BCUT2D eigenvalue weighted by Gasteiger charge is -2.11. The van der Waals surface area contributed by atoms with Crippen molar-refractivity contribution >= 4 is 27.6 Å². The summed E-state index contributed by atoms with van der Waals surface area (Å²) >= 11 is 6.16. The number of aliphatic carboxylic acids is 1. The molecular weight excluding hydrogens is 394 g/mol. The third-order valence-corrected chi connectivity index (χ3v) is 5.49. The van der Waals surface area contributed by atoms with Gasteiger partial charge in [-0.3, -0.25) is 4.79 Å². The maximum atomic E-state index is 12.4. The summed E-state index contributed by atoms with van der Waals surface area (Å²) in [4.78, 5) is 10.7. The second-order valence-corrected chi connectivity index (χ2v) is 7.72. The monoisotopic (exact) mass is 407 g/mol. The van der Waals surface area contributed by atoms with Gasteiger partial charge >= 0.3 is 5.97 Å². The van der Waals surface area contributed by atoms with Crippen LogP contribution in [0.15, 0.2) is 57.8 Å². The number of nitrogens with zero attached hydrogens (tertiary/aromatic N) is 2. The number of halogens is 1. The van der Waals surface area contributed by atoms with Gasteiger partial charge in [-0.1, -0.05) is 29.8 Å². The molecule has 0 radical (unpaired) electrons. The van der Waals surface area contributed by atoms with Crippen LogP contribution in [0, 0.1) is 0 Å². The first-order valence-electron chi connectivity index (χ1n) is 7.72. The molecule has 1 unspecified atom stereocenters. The molecule has 1 heterocycles. The molecule has 27 heavy (non-hydrogen) atoms. The fourth-order valence-electron chi connectivity index (χ4n) is 2.22. The number of carbonyl (C=O) groups is 1. The molecule has 0 fully saturated rings. The molecule has 0 aliphatic carbocycles. The third-order valence-electron chi connectivity index (χ3n) is 3.63. The minimum Gasteiger partial charge on any atom is -0.480 e. The lowest BCUT2D eigenvalue weighted by atomic mass is 10.2. The second-order valence-electron chi connectivity index (χ2n) is 5.60. The number of rotatable bonds is 6. The maximum absolute atomic E-state index is 12.4. The lowest BCUT2D eigenvalue weighted by Crippen LogP contribution is -2.38. The molecule has 0 aliphatic rings. The van der Waals surface area contributed by atoms with Crippen molar-refractivity contribution in [2.24, 2.45) is 0 Å². The van der Waals surface area contributed by atoms with E-state index in [4.69, 9.17) is 21.1 Å². The predicted molar refractivity (Wildman–Crippen MR) is 97.6 cm³/mol. The standard InChI is InChI=1S/C17H14ClN3O5S/c1-10(17(22)23)21-27(24,25)12-7-8-14(18)13(9-12)16-20-19-15(26-16)11-5-3-2-4-6-11/h2-10,21H,1H3,(H,22,23). The Kier molecular flexibility index (Phi) is 5.26. The fraction of sp³-hybridized carbons (Fsp3) is 0.118. The van der Waals surface area contributed by atoms with E-state index in [0.29, 0.717) is 5.56 Å². The van der Waals surface area contributed by atoms with Crippen molar-refractivity contribution in [2.75, 3.05) is 0 Å². The molecule has 0 aliphatic heterocycles. The van der Waals surface area contributed by atoms with E-state index in [-0.39, 0.29) is 27.3 Å². The summed E-state index contributed by atoms with van der Waals surface area (Å²) in [5.74, 6) is -0.994. The first-order chi connectivity index (χ1) is 12.8. The van der Waals surface area contributed by atoms with Crippen LogP contribution in [0.4, 0.5) is 0 Å². The molecule has 1 aromatic heterocycles. The summed E-state index contributed by atoms with van der Waals surface area (Å²) in [5.41, 5.74) is 0.922. The molecule has 0 saturated carbocycles. The van der Waals surface area contributed by atoms with Crippen molar-refractivity contribution in [3.8, 4) is 22.9 Å². The van der Waals surface area contributed by atoms with Crippen molar-refractivity contribution in [2.45, 2.75) is 17.9 Å². The molecular formula is C17H14ClN3O5S. The van der Waals surface area contributed by atoms with Gasteiger partial charge in [-0.25, -0.2) is 8.42 Å². The predicted octanol–water partition coefficient (Wildman–Crippen LogP) is 2.81. The number of carboxylic acid groups (broad SMARTS) is 1. The Morgan fingerprint density at radius 2 is 1.81 bits per heavy atom. The molecule has 140 valence electrons. The number of hydrogen-bond acceptors (Lipinski definition) is 6. The average molecular weight is 408 g/mol. The van der Waals surface area contributed by atoms with Crippen LogP contribution in [-0.2, 0) is 14.8 Å². The topological polar surface area (TPSA) is 122 Å². The highest BCUT2D eigenvalue weighted by molar-refractivity contribution is 7.89. The molecule has 8 nitrogen and oxygen atoms in total. The molecule has 2 aromatic carbocycles. The number of benzene rings is 2. The zero-order chi connectivity index (χ0) is 19.6. The summed E-state index contributed by atoms with van der Waals surface area (Å²) in [5, 5.41) is 17.0. The van der Waals surface area contributed by atoms with E-state index in [1.54, 1.807) is 12.1 Å². The number of nitrogens with one attached hydrogen (secondary N) is 1. The average Bonchev–Trinajstić information content (AvgIpc) is 3.12. The van der Waals surface area contributed by atoms with Gasteiger partial charge in [0, 0.05) is 5.56 Å². The van der Waals surface area contributed by atoms with E-state index in [1.807, 2.05) is 18.2 Å². The quantitative estimate of drug-likeness (QED) is 0.644. The number of sulfonamides is 1. The van der Waals surface area contributed by atoms with Gasteiger partial charge in [-0.2, -0.15) is 4.72 Å². The van der Waals surface area contributed by atoms with Crippen LogP contribution in [-0.4, -0.2) is 35.7 Å². The Morgan fingerprint density at radius 3 is 2.48 bits per heavy atom. The van der Waals surface area contributed by atoms with Crippen LogP contribution >= 0.6 is 11.6 Å².